The van der Waals surface area contributed by atoms with E-state index in [9.17, 15) is 84.3 Å². The normalized spacial score (nSPS) is 29.8. The van der Waals surface area contributed by atoms with E-state index in [4.69, 9.17) is 5.73 Å². The van der Waals surface area contributed by atoms with Crippen molar-refractivity contribution in [3.8, 4) is 5.75 Å². The molecule has 25 nitrogen and oxygen atoms in total. The van der Waals surface area contributed by atoms with Crippen molar-refractivity contribution < 1.29 is 84.3 Å². The third-order valence-corrected chi connectivity index (χ3v) is 14.7. The van der Waals surface area contributed by atoms with E-state index in [1.807, 2.05) is 0 Å². The molecule has 17 unspecified atom stereocenters. The van der Waals surface area contributed by atoms with Gasteiger partial charge in [0.15, 0.2) is 6.23 Å². The zero-order valence-electron chi connectivity index (χ0n) is 44.0. The number of carbonyl (C=O) groups excluding carboxylic acids is 8. The van der Waals surface area contributed by atoms with Gasteiger partial charge in [0.2, 0.25) is 47.3 Å². The first-order valence-corrected chi connectivity index (χ1v) is 26.4. The summed E-state index contributed by atoms with van der Waals surface area (Å²) in [7, 11) is 0. The van der Waals surface area contributed by atoms with Crippen LogP contribution >= 0.6 is 0 Å². The molecule has 0 bridgehead atoms. The number of hydrogen-bond acceptors (Lipinski definition) is 17. The molecule has 76 heavy (non-hydrogen) atoms. The van der Waals surface area contributed by atoms with Crippen LogP contribution in [-0.4, -0.2) is 195 Å². The molecular formula is C51H82N8O17. The number of nitrogens with one attached hydrogen (secondary N) is 5. The lowest BCUT2D eigenvalue weighted by Gasteiger charge is -2.34. The molecule has 3 fully saturated rings. The Balaban J connectivity index is 1.71. The Hall–Kier alpha value is -5.54. The number of phenols is 1. The number of benzene rings is 1. The van der Waals surface area contributed by atoms with Crippen LogP contribution in [0.1, 0.15) is 130 Å². The van der Waals surface area contributed by atoms with Gasteiger partial charge in [0.1, 0.15) is 60.3 Å². The Morgan fingerprint density at radius 1 is 0.724 bits per heavy atom. The maximum absolute atomic E-state index is 14.5. The maximum Gasteiger partial charge on any atom is 0.248 e. The molecule has 0 aliphatic carbocycles. The number of amides is 8. The highest BCUT2D eigenvalue weighted by Gasteiger charge is 2.50. The summed E-state index contributed by atoms with van der Waals surface area (Å²) in [4.78, 5) is 113. The topological polar surface area (TPSA) is 411 Å². The summed E-state index contributed by atoms with van der Waals surface area (Å²) in [5.41, 5.74) is 5.23. The van der Waals surface area contributed by atoms with Gasteiger partial charge in [-0.1, -0.05) is 84.8 Å². The number of phenolic OH excluding ortho intramolecular Hbond substituents is 1. The molecule has 0 radical (unpaired) electrons. The van der Waals surface area contributed by atoms with Crippen molar-refractivity contribution in [2.45, 2.75) is 203 Å². The van der Waals surface area contributed by atoms with Crippen LogP contribution in [0.5, 0.6) is 5.75 Å². The molecule has 428 valence electrons. The third kappa shape index (κ3) is 17.5. The summed E-state index contributed by atoms with van der Waals surface area (Å²) in [5, 5.41) is 111. The monoisotopic (exact) mass is 1080 g/mol. The van der Waals surface area contributed by atoms with Crippen LogP contribution < -0.4 is 32.3 Å². The van der Waals surface area contributed by atoms with Crippen LogP contribution in [0, 0.1) is 17.8 Å². The summed E-state index contributed by atoms with van der Waals surface area (Å²) in [6, 6.07) is -7.42. The number of unbranched alkanes of at least 4 members (excludes halogenated alkanes) is 5. The summed E-state index contributed by atoms with van der Waals surface area (Å²) >= 11 is 0. The standard InChI is InChI=1S/C51H82N8O17/c1-6-25(2)19-26(3)13-11-9-7-8-10-12-14-37(66)53-32-21-35(64)47(72)57-49(74)41-42(67)27(4)23-59(41)51(76)39(34(63)22-36(52)65)55-48(73)40(44(69)43(68)29-15-17-30(61)18-16-29)56-46(71)33-20-31(62)24-58(33)50(75)38(28(5)60)54-45(32)70/h15-18,25-28,31-35,38-44,47,60-64,67-69,72H,6-14,19-24H2,1-5H3,(H2,52,65)(H,53,66)(H,54,70)(H,55,73)(H,56,71)(H,57,74). The first-order valence-electron chi connectivity index (χ1n) is 26.4. The summed E-state index contributed by atoms with van der Waals surface area (Å²) in [5.74, 6) is -9.52. The lowest BCUT2D eigenvalue weighted by Crippen LogP contribution is -2.64. The quantitative estimate of drug-likeness (QED) is 0.0575. The van der Waals surface area contributed by atoms with E-state index in [0.29, 0.717) is 29.6 Å². The molecule has 1 aromatic rings. The number of aliphatic hydroxyl groups is 8. The van der Waals surface area contributed by atoms with Gasteiger partial charge in [-0.25, -0.2) is 0 Å². The average Bonchev–Trinajstić information content (AvgIpc) is 3.90. The van der Waals surface area contributed by atoms with Crippen LogP contribution in [0.3, 0.4) is 0 Å². The molecule has 3 aliphatic heterocycles. The Bertz CT molecular complexity index is 2140. The predicted molar refractivity (Wildman–Crippen MR) is 270 cm³/mol. The van der Waals surface area contributed by atoms with Crippen molar-refractivity contribution in [3.05, 3.63) is 29.8 Å². The third-order valence-electron chi connectivity index (χ3n) is 14.7. The van der Waals surface area contributed by atoms with Gasteiger partial charge in [0.25, 0.3) is 0 Å². The van der Waals surface area contributed by atoms with E-state index in [1.165, 1.54) is 13.3 Å². The number of nitrogens with zero attached hydrogens (tertiary/aromatic N) is 2. The van der Waals surface area contributed by atoms with E-state index in [-0.39, 0.29) is 17.7 Å². The van der Waals surface area contributed by atoms with Gasteiger partial charge in [-0.15, -0.1) is 0 Å². The second kappa shape index (κ2) is 29.3. The van der Waals surface area contributed by atoms with Gasteiger partial charge < -0.3 is 88.1 Å². The Morgan fingerprint density at radius 2 is 1.32 bits per heavy atom. The fraction of sp³-hybridized carbons (Fsp3) is 0.725. The molecule has 3 aliphatic rings. The number of fused-ring (bicyclic) bond motifs is 2. The Labute approximate surface area is 442 Å². The van der Waals surface area contributed by atoms with E-state index in [2.05, 4.69) is 47.4 Å². The number of carbonyl (C=O) groups is 8. The molecule has 1 aromatic carbocycles. The molecule has 16 N–H and O–H groups in total. The van der Waals surface area contributed by atoms with Gasteiger partial charge in [0.05, 0.1) is 30.8 Å². The fourth-order valence-corrected chi connectivity index (χ4v) is 10.0. The van der Waals surface area contributed by atoms with E-state index in [0.717, 1.165) is 74.6 Å². The van der Waals surface area contributed by atoms with E-state index in [1.54, 1.807) is 0 Å². The molecule has 8 amide bonds. The summed E-state index contributed by atoms with van der Waals surface area (Å²) in [6.45, 7) is 8.17. The Kier molecular flexibility index (Phi) is 24.3. The van der Waals surface area contributed by atoms with Crippen LogP contribution in [0.25, 0.3) is 0 Å². The number of hydrogen-bond donors (Lipinski definition) is 15. The van der Waals surface area contributed by atoms with Crippen molar-refractivity contribution in [3.63, 3.8) is 0 Å². The second-order valence-electron chi connectivity index (χ2n) is 21.2. The molecule has 17 atom stereocenters. The zero-order chi connectivity index (χ0) is 56.7. The molecule has 25 heteroatoms. The van der Waals surface area contributed by atoms with Crippen LogP contribution in [-0.2, 0) is 38.4 Å². The fourth-order valence-electron chi connectivity index (χ4n) is 10.0. The Morgan fingerprint density at radius 3 is 1.93 bits per heavy atom. The lowest BCUT2D eigenvalue weighted by atomic mass is 9.91. The van der Waals surface area contributed by atoms with Crippen LogP contribution in [0.4, 0.5) is 0 Å². The number of aromatic hydroxyl groups is 1. The largest absolute Gasteiger partial charge is 0.508 e. The minimum absolute atomic E-state index is 0.0813. The SMILES string of the molecule is CCC(C)CC(C)CCCCCCCCC(=O)NC1CC(O)C(O)NC(=O)C2C(O)C(C)CN2C(=O)C(C(O)CC(N)=O)NC(=O)C(C(O)C(O)c2ccc(O)cc2)NC(=O)C2CC(O)CN2C(=O)C(C(C)O)NC1=O. The van der Waals surface area contributed by atoms with E-state index >= 15 is 0 Å². The van der Waals surface area contributed by atoms with Gasteiger partial charge in [-0.2, -0.15) is 0 Å². The number of nitrogens with two attached hydrogens (primary N) is 1. The highest BCUT2D eigenvalue weighted by atomic mass is 16.3. The highest BCUT2D eigenvalue weighted by Crippen LogP contribution is 2.28. The molecule has 0 spiro atoms. The number of rotatable bonds is 20. The van der Waals surface area contributed by atoms with Gasteiger partial charge in [-0.3, -0.25) is 38.4 Å². The first kappa shape index (κ1) is 63.0. The highest BCUT2D eigenvalue weighted by molar-refractivity contribution is 5.98. The minimum Gasteiger partial charge on any atom is -0.508 e. The van der Waals surface area contributed by atoms with Crippen molar-refractivity contribution in [2.75, 3.05) is 13.1 Å². The van der Waals surface area contributed by atoms with Crippen LogP contribution in [0.15, 0.2) is 24.3 Å². The van der Waals surface area contributed by atoms with Gasteiger partial charge >= 0.3 is 0 Å². The average molecular weight is 1080 g/mol. The predicted octanol–water partition coefficient (Wildman–Crippen LogP) is -3.10. The molecule has 3 heterocycles. The first-order chi connectivity index (χ1) is 35.7. The van der Waals surface area contributed by atoms with Crippen molar-refractivity contribution in [1.29, 1.82) is 0 Å². The number of aliphatic hydroxyl groups excluding tert-OH is 8. The smallest absolute Gasteiger partial charge is 0.248 e. The summed E-state index contributed by atoms with van der Waals surface area (Å²) < 4.78 is 0. The molecular weight excluding hydrogens is 997 g/mol. The van der Waals surface area contributed by atoms with Gasteiger partial charge in [0, 0.05) is 38.3 Å². The maximum atomic E-state index is 14.5. The van der Waals surface area contributed by atoms with Gasteiger partial charge in [-0.05, 0) is 49.3 Å². The minimum atomic E-state index is -2.37. The molecule has 0 aromatic heterocycles. The van der Waals surface area contributed by atoms with Crippen LogP contribution in [0.2, 0.25) is 0 Å². The van der Waals surface area contributed by atoms with Crippen molar-refractivity contribution in [1.82, 2.24) is 36.4 Å². The number of primary amides is 1. The lowest BCUT2D eigenvalue weighted by molar-refractivity contribution is -0.149. The summed E-state index contributed by atoms with van der Waals surface area (Å²) in [6.07, 6.45) is -9.95. The molecule has 3 saturated heterocycles. The molecule has 4 rings (SSSR count). The van der Waals surface area contributed by atoms with E-state index < -0.39 is 171 Å². The molecule has 0 saturated carbocycles. The zero-order valence-corrected chi connectivity index (χ0v) is 44.0. The van der Waals surface area contributed by atoms with Crippen molar-refractivity contribution in [2.24, 2.45) is 23.5 Å². The van der Waals surface area contributed by atoms with Crippen molar-refractivity contribution >= 4 is 47.3 Å². The second-order valence-corrected chi connectivity index (χ2v) is 21.2.